The number of nitrogens with one attached hydrogen (secondary N) is 2. The topological polar surface area (TPSA) is 104 Å². The highest BCUT2D eigenvalue weighted by Crippen LogP contribution is 2.32. The molecule has 4 rings (SSSR count). The molecule has 2 heterocycles. The summed E-state index contributed by atoms with van der Waals surface area (Å²) < 4.78 is -1.19. The van der Waals surface area contributed by atoms with Gasteiger partial charge in [-0.15, -0.1) is 0 Å². The van der Waals surface area contributed by atoms with Crippen LogP contribution >= 0.6 is 0 Å². The van der Waals surface area contributed by atoms with Gasteiger partial charge in [-0.05, 0) is 73.6 Å². The molecule has 0 saturated carbocycles. The lowest BCUT2D eigenvalue weighted by Gasteiger charge is -2.53. The van der Waals surface area contributed by atoms with Crippen molar-refractivity contribution in [1.82, 2.24) is 0 Å². The van der Waals surface area contributed by atoms with Crippen LogP contribution in [0.5, 0.6) is 0 Å². The van der Waals surface area contributed by atoms with E-state index >= 15 is 0 Å². The number of para-hydroxylation sites is 2. The summed E-state index contributed by atoms with van der Waals surface area (Å²) in [5.74, 6) is -0.430. The molecular formula is C35H52N4O4. The highest BCUT2D eigenvalue weighted by molar-refractivity contribution is 5.96. The Kier molecular flexibility index (Phi) is 11.4. The van der Waals surface area contributed by atoms with Crippen molar-refractivity contribution >= 4 is 23.2 Å². The maximum atomic E-state index is 14.2. The maximum absolute atomic E-state index is 14.2. The fourth-order valence-corrected chi connectivity index (χ4v) is 7.27. The molecule has 4 atom stereocenters. The van der Waals surface area contributed by atoms with Crippen LogP contribution in [0.15, 0.2) is 36.4 Å². The first kappa shape index (κ1) is 33.1. The van der Waals surface area contributed by atoms with Crippen molar-refractivity contribution < 1.29 is 18.9 Å². The molecule has 0 radical (unpaired) electrons. The number of rotatable bonds is 12. The third-order valence-electron chi connectivity index (χ3n) is 9.84. The lowest BCUT2D eigenvalue weighted by Crippen LogP contribution is -2.61. The minimum atomic E-state index is -0.693. The lowest BCUT2D eigenvalue weighted by molar-refractivity contribution is -0.919. The van der Waals surface area contributed by atoms with Gasteiger partial charge in [0.1, 0.15) is 0 Å². The van der Waals surface area contributed by atoms with Crippen LogP contribution in [-0.2, 0) is 35.3 Å². The van der Waals surface area contributed by atoms with E-state index in [1.54, 1.807) is 0 Å². The standard InChI is InChI=1S/C35H52N4O4/c1-5-26-16-13-17-27(6-2)32(26)36-34(40)30-20-9-11-22-38(30,42)24-15-25-39(43)23-12-10-21-31(39)35(41)37-33-28(7-3)18-14-19-29(33)8-4/h13-14,16-19,30-31H,5-12,15,20-25H2,1-4H3,(H,36,40)(H,37,41)/t30-,31-,38?,39?/m0/s1. The third-order valence-corrected chi connectivity index (χ3v) is 9.84. The molecule has 2 saturated heterocycles. The highest BCUT2D eigenvalue weighted by Gasteiger charge is 2.41. The van der Waals surface area contributed by atoms with Crippen molar-refractivity contribution in [3.8, 4) is 0 Å². The molecule has 2 aliphatic rings. The Morgan fingerprint density at radius 1 is 0.651 bits per heavy atom. The molecule has 8 heteroatoms. The molecule has 0 aliphatic carbocycles. The Bertz CT molecular complexity index is 1130. The molecule has 8 nitrogen and oxygen atoms in total. The molecule has 236 valence electrons. The van der Waals surface area contributed by atoms with E-state index in [1.807, 2.05) is 36.4 Å². The summed E-state index contributed by atoms with van der Waals surface area (Å²) in [5, 5.41) is 34.7. The monoisotopic (exact) mass is 592 g/mol. The second-order valence-electron chi connectivity index (χ2n) is 12.5. The third kappa shape index (κ3) is 7.48. The minimum absolute atomic E-state index is 0.212. The largest absolute Gasteiger partial charge is 0.632 e. The summed E-state index contributed by atoms with van der Waals surface area (Å²) in [6, 6.07) is 10.8. The summed E-state index contributed by atoms with van der Waals surface area (Å²) >= 11 is 0. The number of carbonyl (C=O) groups excluding carboxylic acids is 2. The zero-order valence-corrected chi connectivity index (χ0v) is 26.8. The molecule has 2 amide bonds. The van der Waals surface area contributed by atoms with E-state index in [2.05, 4.69) is 38.3 Å². The second kappa shape index (κ2) is 14.8. The number of benzene rings is 2. The van der Waals surface area contributed by atoms with Crippen molar-refractivity contribution in [2.75, 3.05) is 36.8 Å². The number of quaternary nitrogens is 2. The number of aryl methyl sites for hydroxylation is 4. The maximum Gasteiger partial charge on any atom is 0.283 e. The van der Waals surface area contributed by atoms with Gasteiger partial charge < -0.3 is 30.3 Å². The Morgan fingerprint density at radius 3 is 1.33 bits per heavy atom. The summed E-state index contributed by atoms with van der Waals surface area (Å²) in [6.07, 6.45) is 7.92. The van der Waals surface area contributed by atoms with E-state index in [1.165, 1.54) is 0 Å². The van der Waals surface area contributed by atoms with Gasteiger partial charge in [0.05, 0.1) is 26.2 Å². The smallest absolute Gasteiger partial charge is 0.283 e. The van der Waals surface area contributed by atoms with Gasteiger partial charge in [-0.1, -0.05) is 64.1 Å². The second-order valence-corrected chi connectivity index (χ2v) is 12.5. The van der Waals surface area contributed by atoms with Gasteiger partial charge in [-0.25, -0.2) is 0 Å². The van der Waals surface area contributed by atoms with Gasteiger partial charge in [-0.3, -0.25) is 9.59 Å². The molecule has 2 fully saturated rings. The number of likely N-dealkylation sites (tertiary alicyclic amines) is 2. The van der Waals surface area contributed by atoms with Crippen molar-refractivity contribution in [3.63, 3.8) is 0 Å². The van der Waals surface area contributed by atoms with Crippen LogP contribution in [0.1, 0.15) is 94.9 Å². The lowest BCUT2D eigenvalue weighted by atomic mass is 9.97. The van der Waals surface area contributed by atoms with Crippen LogP contribution in [0.3, 0.4) is 0 Å². The number of hydrogen-bond acceptors (Lipinski definition) is 4. The molecule has 2 aromatic carbocycles. The normalized spacial score (nSPS) is 25.7. The fourth-order valence-electron chi connectivity index (χ4n) is 7.27. The number of anilines is 2. The van der Waals surface area contributed by atoms with E-state index in [9.17, 15) is 20.0 Å². The quantitative estimate of drug-likeness (QED) is 0.213. The molecule has 2 aliphatic heterocycles. The van der Waals surface area contributed by atoms with Crippen LogP contribution in [0.4, 0.5) is 11.4 Å². The molecular weight excluding hydrogens is 540 g/mol. The van der Waals surface area contributed by atoms with Crippen LogP contribution in [-0.4, -0.2) is 59.4 Å². The van der Waals surface area contributed by atoms with Gasteiger partial charge in [0.15, 0.2) is 12.1 Å². The molecule has 43 heavy (non-hydrogen) atoms. The molecule has 0 bridgehead atoms. The molecule has 2 N–H and O–H groups in total. The Balaban J connectivity index is 1.45. The van der Waals surface area contributed by atoms with E-state index in [0.29, 0.717) is 32.4 Å². The molecule has 2 aromatic rings. The minimum Gasteiger partial charge on any atom is -0.632 e. The number of amides is 2. The predicted octanol–water partition coefficient (Wildman–Crippen LogP) is 6.64. The number of piperidine rings is 2. The first-order valence-corrected chi connectivity index (χ1v) is 16.7. The Hall–Kier alpha value is -2.78. The zero-order chi connectivity index (χ0) is 31.0. The van der Waals surface area contributed by atoms with Crippen molar-refractivity contribution in [3.05, 3.63) is 69.1 Å². The van der Waals surface area contributed by atoms with Gasteiger partial charge in [0, 0.05) is 30.6 Å². The number of hydroxylamine groups is 6. The molecule has 2 unspecified atom stereocenters. The molecule has 0 spiro atoms. The zero-order valence-electron chi connectivity index (χ0n) is 26.8. The van der Waals surface area contributed by atoms with Crippen molar-refractivity contribution in [1.29, 1.82) is 0 Å². The van der Waals surface area contributed by atoms with E-state index in [0.717, 1.165) is 85.0 Å². The SMILES string of the molecule is CCc1cccc(CC)c1NC(=O)[C@@H]1CCCC[N+]1([O-])CCC[N+]1([O-])CCCC[C@H]1C(=O)Nc1c(CC)cccc1CC. The van der Waals surface area contributed by atoms with Gasteiger partial charge in [0.25, 0.3) is 11.8 Å². The van der Waals surface area contributed by atoms with Crippen LogP contribution in [0, 0.1) is 10.4 Å². The average molecular weight is 593 g/mol. The first-order valence-electron chi connectivity index (χ1n) is 16.7. The summed E-state index contributed by atoms with van der Waals surface area (Å²) in [7, 11) is 0. The summed E-state index contributed by atoms with van der Waals surface area (Å²) in [4.78, 5) is 27.2. The van der Waals surface area contributed by atoms with Crippen molar-refractivity contribution in [2.24, 2.45) is 0 Å². The Labute approximate surface area is 258 Å². The Morgan fingerprint density at radius 2 is 1.00 bits per heavy atom. The average Bonchev–Trinajstić information content (AvgIpc) is 3.01. The van der Waals surface area contributed by atoms with Crippen LogP contribution in [0.25, 0.3) is 0 Å². The highest BCUT2D eigenvalue weighted by atomic mass is 16.6. The number of carbonyl (C=O) groups is 2. The van der Waals surface area contributed by atoms with E-state index < -0.39 is 21.4 Å². The van der Waals surface area contributed by atoms with Gasteiger partial charge >= 0.3 is 0 Å². The number of hydrogen-bond donors (Lipinski definition) is 2. The van der Waals surface area contributed by atoms with Crippen LogP contribution in [0.2, 0.25) is 0 Å². The van der Waals surface area contributed by atoms with E-state index in [4.69, 9.17) is 0 Å². The molecule has 0 aromatic heterocycles. The van der Waals surface area contributed by atoms with Gasteiger partial charge in [0.2, 0.25) is 0 Å². The summed E-state index contributed by atoms with van der Waals surface area (Å²) in [5.41, 5.74) is 5.99. The number of nitrogens with zero attached hydrogens (tertiary/aromatic N) is 2. The first-order chi connectivity index (χ1) is 20.7. The van der Waals surface area contributed by atoms with Crippen molar-refractivity contribution in [2.45, 2.75) is 110 Å². The van der Waals surface area contributed by atoms with Gasteiger partial charge in [-0.2, -0.15) is 0 Å². The fraction of sp³-hybridized carbons (Fsp3) is 0.600. The summed E-state index contributed by atoms with van der Waals surface area (Å²) in [6.45, 7) is 9.46. The van der Waals surface area contributed by atoms with Crippen LogP contribution < -0.4 is 10.6 Å². The predicted molar refractivity (Wildman–Crippen MR) is 174 cm³/mol. The van der Waals surface area contributed by atoms with E-state index in [-0.39, 0.29) is 24.9 Å².